The summed E-state index contributed by atoms with van der Waals surface area (Å²) in [5.41, 5.74) is 2.65. The van der Waals surface area contributed by atoms with Gasteiger partial charge in [0.2, 0.25) is 0 Å². The van der Waals surface area contributed by atoms with Crippen LogP contribution in [0, 0.1) is 12.8 Å². The predicted molar refractivity (Wildman–Crippen MR) is 95.8 cm³/mol. The Labute approximate surface area is 145 Å². The van der Waals surface area contributed by atoms with E-state index in [1.165, 1.54) is 0 Å². The fourth-order valence-electron chi connectivity index (χ4n) is 2.79. The van der Waals surface area contributed by atoms with E-state index in [1.807, 2.05) is 31.2 Å². The minimum absolute atomic E-state index is 0.163. The third-order valence-electron chi connectivity index (χ3n) is 4.67. The molecule has 6 nitrogen and oxygen atoms in total. The molecule has 2 aliphatic rings. The maximum absolute atomic E-state index is 12.1. The Kier molecular flexibility index (Phi) is 3.60. The fraction of sp³-hybridized carbons (Fsp3) is 0.263. The first-order chi connectivity index (χ1) is 12.0. The van der Waals surface area contributed by atoms with Gasteiger partial charge in [0.05, 0.1) is 0 Å². The van der Waals surface area contributed by atoms with Gasteiger partial charge in [-0.15, -0.1) is 0 Å². The van der Waals surface area contributed by atoms with Gasteiger partial charge in [0, 0.05) is 23.0 Å². The highest BCUT2D eigenvalue weighted by Gasteiger charge is 2.73. The number of carbonyl (C=O) groups is 2. The number of hydrogen-bond acceptors (Lipinski definition) is 3. The number of para-hydroxylation sites is 1. The van der Waals surface area contributed by atoms with E-state index in [1.54, 1.807) is 24.3 Å². The molecule has 4 rings (SSSR count). The van der Waals surface area contributed by atoms with E-state index in [9.17, 15) is 9.59 Å². The number of hydrogen-bond donors (Lipinski definition) is 3. The van der Waals surface area contributed by atoms with Crippen molar-refractivity contribution in [3.8, 4) is 0 Å². The van der Waals surface area contributed by atoms with Crippen molar-refractivity contribution in [1.29, 1.82) is 0 Å². The van der Waals surface area contributed by atoms with Gasteiger partial charge in [0.15, 0.2) is 0 Å². The number of ether oxygens (including phenoxy) is 1. The molecule has 3 N–H and O–H groups in total. The maximum Gasteiger partial charge on any atom is 0.412 e. The molecule has 6 heteroatoms. The van der Waals surface area contributed by atoms with E-state index in [-0.39, 0.29) is 11.6 Å². The highest BCUT2D eigenvalue weighted by atomic mass is 16.6. The van der Waals surface area contributed by atoms with Crippen molar-refractivity contribution in [3.05, 3.63) is 54.1 Å². The summed E-state index contributed by atoms with van der Waals surface area (Å²) in [6.45, 7) is 1.89. The molecule has 0 atom stereocenters. The molecule has 2 saturated carbocycles. The van der Waals surface area contributed by atoms with E-state index in [0.29, 0.717) is 23.0 Å². The lowest BCUT2D eigenvalue weighted by Gasteiger charge is -2.13. The zero-order chi connectivity index (χ0) is 17.4. The van der Waals surface area contributed by atoms with Crippen LogP contribution in [-0.2, 0) is 4.74 Å². The predicted octanol–water partition coefficient (Wildman–Crippen LogP) is 4.35. The summed E-state index contributed by atoms with van der Waals surface area (Å²) in [4.78, 5) is 24.1. The summed E-state index contributed by atoms with van der Waals surface area (Å²) in [6.07, 6.45) is 1.54. The van der Waals surface area contributed by atoms with Crippen molar-refractivity contribution in [2.45, 2.75) is 25.4 Å². The average molecular weight is 337 g/mol. The second kappa shape index (κ2) is 5.81. The van der Waals surface area contributed by atoms with E-state index < -0.39 is 6.09 Å². The monoisotopic (exact) mass is 337 g/mol. The molecule has 0 heterocycles. The summed E-state index contributed by atoms with van der Waals surface area (Å²) in [5.74, 6) is 0.578. The lowest BCUT2D eigenvalue weighted by molar-refractivity contribution is 0.128. The first-order valence-corrected chi connectivity index (χ1v) is 8.28. The van der Waals surface area contributed by atoms with Crippen LogP contribution in [0.2, 0.25) is 0 Å². The van der Waals surface area contributed by atoms with Gasteiger partial charge in [-0.2, -0.15) is 0 Å². The Morgan fingerprint density at radius 2 is 1.68 bits per heavy atom. The third-order valence-corrected chi connectivity index (χ3v) is 4.67. The van der Waals surface area contributed by atoms with Crippen LogP contribution in [-0.4, -0.2) is 17.7 Å². The molecule has 2 aromatic carbocycles. The van der Waals surface area contributed by atoms with Crippen LogP contribution in [0.15, 0.2) is 48.5 Å². The van der Waals surface area contributed by atoms with Crippen molar-refractivity contribution < 1.29 is 14.3 Å². The number of aryl methyl sites for hydroxylation is 1. The second-order valence-corrected chi connectivity index (χ2v) is 6.66. The normalized spacial score (nSPS) is 22.4. The molecule has 128 valence electrons. The number of carbonyl (C=O) groups excluding carboxylic acids is 2. The van der Waals surface area contributed by atoms with Crippen molar-refractivity contribution >= 4 is 29.2 Å². The van der Waals surface area contributed by atoms with E-state index >= 15 is 0 Å². The summed E-state index contributed by atoms with van der Waals surface area (Å²) < 4.78 is 5.43. The molecule has 2 aliphatic carbocycles. The molecule has 2 fully saturated rings. The molecule has 2 aromatic rings. The number of fused-ring (bicyclic) bond motifs is 1. The zero-order valence-electron chi connectivity index (χ0n) is 13.8. The highest BCUT2D eigenvalue weighted by molar-refractivity contribution is 6.00. The molecule has 25 heavy (non-hydrogen) atoms. The Bertz CT molecular complexity index is 829. The molecular formula is C19H19N3O3. The minimum atomic E-state index is -0.436. The Hall–Kier alpha value is -3.02. The molecule has 0 saturated heterocycles. The number of rotatable bonds is 4. The van der Waals surface area contributed by atoms with Gasteiger partial charge in [0.1, 0.15) is 5.60 Å². The smallest absolute Gasteiger partial charge is 0.412 e. The van der Waals surface area contributed by atoms with E-state index in [4.69, 9.17) is 4.74 Å². The van der Waals surface area contributed by atoms with Gasteiger partial charge in [-0.3, -0.25) is 5.32 Å². The van der Waals surface area contributed by atoms with Crippen LogP contribution < -0.4 is 16.0 Å². The van der Waals surface area contributed by atoms with Crippen LogP contribution in [0.1, 0.15) is 18.4 Å². The first kappa shape index (κ1) is 15.5. The van der Waals surface area contributed by atoms with Crippen LogP contribution in [0.5, 0.6) is 0 Å². The highest BCUT2D eigenvalue weighted by Crippen LogP contribution is 2.69. The van der Waals surface area contributed by atoms with Crippen LogP contribution in [0.4, 0.5) is 26.7 Å². The van der Waals surface area contributed by atoms with Gasteiger partial charge in [0.25, 0.3) is 0 Å². The molecule has 0 radical (unpaired) electrons. The quantitative estimate of drug-likeness (QED) is 0.776. The maximum atomic E-state index is 12.1. The van der Waals surface area contributed by atoms with Crippen LogP contribution >= 0.6 is 0 Å². The summed E-state index contributed by atoms with van der Waals surface area (Å²) in [5, 5.41) is 8.27. The van der Waals surface area contributed by atoms with Gasteiger partial charge < -0.3 is 15.4 Å². The Balaban J connectivity index is 1.38. The lowest BCUT2D eigenvalue weighted by Crippen LogP contribution is -2.20. The standard InChI is InChI=1S/C19H19N3O3/c1-12-7-8-15(21-17(23)20-14-5-3-2-4-6-14)9-16(12)22-18(24)25-19-10-13(19)11-19/h2-9,13H,10-11H2,1H3,(H,22,24)(H2,20,21,23). The van der Waals surface area contributed by atoms with Crippen molar-refractivity contribution in [2.24, 2.45) is 5.92 Å². The Morgan fingerprint density at radius 3 is 2.36 bits per heavy atom. The van der Waals surface area contributed by atoms with Crippen molar-refractivity contribution in [1.82, 2.24) is 0 Å². The molecule has 0 unspecified atom stereocenters. The third kappa shape index (κ3) is 3.42. The van der Waals surface area contributed by atoms with Crippen LogP contribution in [0.25, 0.3) is 0 Å². The number of nitrogens with one attached hydrogen (secondary N) is 3. The van der Waals surface area contributed by atoms with E-state index in [2.05, 4.69) is 16.0 Å². The topological polar surface area (TPSA) is 79.5 Å². The van der Waals surface area contributed by atoms with Crippen LogP contribution in [0.3, 0.4) is 0 Å². The molecule has 0 aliphatic heterocycles. The molecule has 0 bridgehead atoms. The molecule has 0 spiro atoms. The SMILES string of the molecule is Cc1ccc(NC(=O)Nc2ccccc2)cc1NC(=O)OC12CC1C2. The molecular weight excluding hydrogens is 318 g/mol. The van der Waals surface area contributed by atoms with E-state index in [0.717, 1.165) is 18.4 Å². The number of amides is 3. The minimum Gasteiger partial charge on any atom is -0.442 e. The fourth-order valence-corrected chi connectivity index (χ4v) is 2.79. The lowest BCUT2D eigenvalue weighted by atomic mass is 10.2. The number of anilines is 3. The molecule has 0 aromatic heterocycles. The largest absolute Gasteiger partial charge is 0.442 e. The summed E-state index contributed by atoms with van der Waals surface area (Å²) >= 11 is 0. The average Bonchev–Trinajstić information content (AvgIpc) is 3.41. The number of benzene rings is 2. The summed E-state index contributed by atoms with van der Waals surface area (Å²) in [6, 6.07) is 14.2. The van der Waals surface area contributed by atoms with Gasteiger partial charge in [-0.1, -0.05) is 24.3 Å². The molecule has 3 amide bonds. The van der Waals surface area contributed by atoms with Gasteiger partial charge >= 0.3 is 12.1 Å². The number of urea groups is 1. The van der Waals surface area contributed by atoms with Crippen molar-refractivity contribution in [2.75, 3.05) is 16.0 Å². The first-order valence-electron chi connectivity index (χ1n) is 8.28. The zero-order valence-corrected chi connectivity index (χ0v) is 13.8. The Morgan fingerprint density at radius 1 is 1.00 bits per heavy atom. The second-order valence-electron chi connectivity index (χ2n) is 6.66. The van der Waals surface area contributed by atoms with Gasteiger partial charge in [-0.25, -0.2) is 9.59 Å². The van der Waals surface area contributed by atoms with Gasteiger partial charge in [-0.05, 0) is 49.6 Å². The summed E-state index contributed by atoms with van der Waals surface area (Å²) in [7, 11) is 0. The van der Waals surface area contributed by atoms with Crippen molar-refractivity contribution in [3.63, 3.8) is 0 Å².